The highest BCUT2D eigenvalue weighted by molar-refractivity contribution is 5.64. The second kappa shape index (κ2) is 12.9. The lowest BCUT2D eigenvalue weighted by Gasteiger charge is -2.22. The van der Waals surface area contributed by atoms with Crippen molar-refractivity contribution in [3.63, 3.8) is 0 Å². The van der Waals surface area contributed by atoms with Gasteiger partial charge in [-0.15, -0.1) is 0 Å². The summed E-state index contributed by atoms with van der Waals surface area (Å²) in [7, 11) is 0. The number of non-ortho nitro benzene ring substituents is 1. The van der Waals surface area contributed by atoms with Gasteiger partial charge in [-0.2, -0.15) is 10.1 Å². The monoisotopic (exact) mass is 567 g/mol. The number of aromatic nitrogens is 4. The first-order valence-corrected chi connectivity index (χ1v) is 13.7. The first-order valence-electron chi connectivity index (χ1n) is 13.7. The van der Waals surface area contributed by atoms with Crippen LogP contribution in [0.25, 0.3) is 0 Å². The molecule has 3 aromatic rings. The molecular weight excluding hydrogens is 530 g/mol. The molecule has 0 aliphatic heterocycles. The standard InChI is InChI=1S/C28H37N7O6/c1-18(29)6-5-15-39-26-30-14-13-24(32-26)31-25-17-23(33-34(25)28(2,3)4)19-7-10-22(16-19)41-27(36)40-21-11-8-20(9-12-21)35(37)38/h8-9,11-14,17-19,22H,5-7,10,15-16,29H2,1-4H3,(H,30,31,32)/t18-,19-,22+/m0/s1. The molecule has 2 aromatic heterocycles. The molecule has 3 N–H and O–H groups in total. The number of carbonyl (C=O) groups excluding carboxylic acids is 1. The van der Waals surface area contributed by atoms with Gasteiger partial charge >= 0.3 is 12.2 Å². The molecule has 1 fully saturated rings. The van der Waals surface area contributed by atoms with Crippen LogP contribution < -0.4 is 20.5 Å². The minimum absolute atomic E-state index is 0.0885. The van der Waals surface area contributed by atoms with Crippen molar-refractivity contribution in [3.05, 3.63) is 58.4 Å². The van der Waals surface area contributed by atoms with Crippen molar-refractivity contribution in [3.8, 4) is 11.8 Å². The molecule has 0 unspecified atom stereocenters. The number of nitrogens with two attached hydrogens (primary N) is 1. The van der Waals surface area contributed by atoms with E-state index in [9.17, 15) is 14.9 Å². The third kappa shape index (κ3) is 8.37. The molecule has 0 saturated heterocycles. The van der Waals surface area contributed by atoms with Crippen molar-refractivity contribution in [1.82, 2.24) is 19.7 Å². The van der Waals surface area contributed by atoms with Crippen molar-refractivity contribution in [1.29, 1.82) is 0 Å². The van der Waals surface area contributed by atoms with E-state index in [0.29, 0.717) is 25.3 Å². The molecule has 0 bridgehead atoms. The Hall–Kier alpha value is -4.26. The largest absolute Gasteiger partial charge is 0.514 e. The van der Waals surface area contributed by atoms with Crippen LogP contribution in [0.2, 0.25) is 0 Å². The zero-order valence-electron chi connectivity index (χ0n) is 23.8. The van der Waals surface area contributed by atoms with Crippen LogP contribution in [0.3, 0.4) is 0 Å². The second-order valence-electron chi connectivity index (χ2n) is 11.2. The van der Waals surface area contributed by atoms with Gasteiger partial charge in [0.1, 0.15) is 23.5 Å². The summed E-state index contributed by atoms with van der Waals surface area (Å²) in [5, 5.41) is 19.1. The number of nitrogens with zero attached hydrogens (tertiary/aromatic N) is 5. The Bertz CT molecular complexity index is 1340. The van der Waals surface area contributed by atoms with E-state index in [1.807, 2.05) is 17.7 Å². The summed E-state index contributed by atoms with van der Waals surface area (Å²) >= 11 is 0. The summed E-state index contributed by atoms with van der Waals surface area (Å²) in [5.74, 6) is 1.63. The average molecular weight is 568 g/mol. The van der Waals surface area contributed by atoms with E-state index in [-0.39, 0.29) is 41.1 Å². The van der Waals surface area contributed by atoms with Crippen LogP contribution >= 0.6 is 0 Å². The van der Waals surface area contributed by atoms with Crippen LogP contribution in [0.1, 0.15) is 71.4 Å². The normalized spacial score (nSPS) is 17.6. The summed E-state index contributed by atoms with van der Waals surface area (Å²) < 4.78 is 18.3. The van der Waals surface area contributed by atoms with Crippen LogP contribution in [0.15, 0.2) is 42.6 Å². The summed E-state index contributed by atoms with van der Waals surface area (Å²) in [5.41, 5.74) is 6.29. The number of ether oxygens (including phenoxy) is 3. The molecule has 1 saturated carbocycles. The molecule has 4 rings (SSSR count). The fourth-order valence-corrected chi connectivity index (χ4v) is 4.59. The number of nitro groups is 1. The number of hydrogen-bond acceptors (Lipinski definition) is 11. The fourth-order valence-electron chi connectivity index (χ4n) is 4.59. The Balaban J connectivity index is 1.37. The maximum absolute atomic E-state index is 12.3. The molecule has 0 radical (unpaired) electrons. The fraction of sp³-hybridized carbons (Fsp3) is 0.500. The SMILES string of the molecule is C[C@H](N)CCCOc1nccc(Nc2cc([C@H]3CC[C@@H](OC(=O)Oc4ccc([N+](=O)[O-])cc4)C3)nn2C(C)(C)C)n1. The Labute approximate surface area is 238 Å². The minimum atomic E-state index is -0.841. The summed E-state index contributed by atoms with van der Waals surface area (Å²) in [6, 6.07) is 9.44. The molecule has 220 valence electrons. The third-order valence-corrected chi connectivity index (χ3v) is 6.60. The number of anilines is 2. The van der Waals surface area contributed by atoms with E-state index >= 15 is 0 Å². The van der Waals surface area contributed by atoms with Gasteiger partial charge in [-0.05, 0) is 78.0 Å². The van der Waals surface area contributed by atoms with Gasteiger partial charge in [0.25, 0.3) is 5.69 Å². The van der Waals surface area contributed by atoms with Gasteiger partial charge in [-0.1, -0.05) is 0 Å². The number of benzene rings is 1. The molecule has 1 aromatic carbocycles. The van der Waals surface area contributed by atoms with Crippen LogP contribution in [0.4, 0.5) is 22.1 Å². The van der Waals surface area contributed by atoms with Crippen LogP contribution in [0.5, 0.6) is 11.8 Å². The average Bonchev–Trinajstić information content (AvgIpc) is 3.54. The lowest BCUT2D eigenvalue weighted by Crippen LogP contribution is -2.25. The molecule has 0 amide bonds. The Morgan fingerprint density at radius 2 is 2.00 bits per heavy atom. The van der Waals surface area contributed by atoms with Crippen LogP contribution in [-0.4, -0.2) is 49.6 Å². The van der Waals surface area contributed by atoms with Crippen molar-refractivity contribution >= 4 is 23.5 Å². The van der Waals surface area contributed by atoms with Crippen molar-refractivity contribution in [2.75, 3.05) is 11.9 Å². The first kappa shape index (κ1) is 29.7. The number of carbonyl (C=O) groups is 1. The number of rotatable bonds is 11. The van der Waals surface area contributed by atoms with Crippen molar-refractivity contribution < 1.29 is 23.9 Å². The maximum Gasteiger partial charge on any atom is 0.514 e. The van der Waals surface area contributed by atoms with E-state index < -0.39 is 11.1 Å². The van der Waals surface area contributed by atoms with E-state index in [1.54, 1.807) is 12.3 Å². The smallest absolute Gasteiger partial charge is 0.463 e. The highest BCUT2D eigenvalue weighted by Crippen LogP contribution is 2.38. The van der Waals surface area contributed by atoms with E-state index in [0.717, 1.165) is 30.8 Å². The number of nitro benzene ring substituents is 1. The van der Waals surface area contributed by atoms with Gasteiger partial charge in [0, 0.05) is 36.4 Å². The van der Waals surface area contributed by atoms with Gasteiger partial charge in [-0.3, -0.25) is 10.1 Å². The molecule has 1 aliphatic carbocycles. The zero-order chi connectivity index (χ0) is 29.6. The summed E-state index contributed by atoms with van der Waals surface area (Å²) in [4.78, 5) is 31.3. The molecular formula is C28H37N7O6. The predicted octanol–water partition coefficient (Wildman–Crippen LogP) is 5.44. The molecule has 0 spiro atoms. The highest BCUT2D eigenvalue weighted by atomic mass is 16.7. The van der Waals surface area contributed by atoms with Gasteiger partial charge in [0.05, 0.1) is 22.8 Å². The maximum atomic E-state index is 12.3. The topological polar surface area (TPSA) is 170 Å². The Morgan fingerprint density at radius 3 is 2.68 bits per heavy atom. The molecule has 13 nitrogen and oxygen atoms in total. The van der Waals surface area contributed by atoms with Crippen LogP contribution in [-0.2, 0) is 10.3 Å². The second-order valence-corrected chi connectivity index (χ2v) is 11.2. The van der Waals surface area contributed by atoms with Gasteiger partial charge in [-0.25, -0.2) is 14.5 Å². The predicted molar refractivity (Wildman–Crippen MR) is 152 cm³/mol. The van der Waals surface area contributed by atoms with E-state index in [2.05, 4.69) is 36.1 Å². The molecule has 13 heteroatoms. The van der Waals surface area contributed by atoms with E-state index in [4.69, 9.17) is 25.0 Å². The first-order chi connectivity index (χ1) is 19.5. The summed E-state index contributed by atoms with van der Waals surface area (Å²) in [6.07, 6.45) is 4.21. The van der Waals surface area contributed by atoms with Crippen molar-refractivity contribution in [2.45, 2.75) is 83.4 Å². The molecule has 41 heavy (non-hydrogen) atoms. The van der Waals surface area contributed by atoms with Crippen LogP contribution in [0, 0.1) is 10.1 Å². The van der Waals surface area contributed by atoms with Gasteiger partial charge in [0.2, 0.25) is 0 Å². The Morgan fingerprint density at radius 1 is 1.24 bits per heavy atom. The lowest BCUT2D eigenvalue weighted by atomic mass is 10.0. The quantitative estimate of drug-likeness (QED) is 0.0994. The highest BCUT2D eigenvalue weighted by Gasteiger charge is 2.32. The zero-order valence-corrected chi connectivity index (χ0v) is 23.8. The van der Waals surface area contributed by atoms with E-state index in [1.165, 1.54) is 24.3 Å². The number of hydrogen-bond donors (Lipinski definition) is 2. The molecule has 3 atom stereocenters. The molecule has 1 aliphatic rings. The van der Waals surface area contributed by atoms with Crippen molar-refractivity contribution in [2.24, 2.45) is 5.73 Å². The number of nitrogens with one attached hydrogen (secondary N) is 1. The molecule has 2 heterocycles. The lowest BCUT2D eigenvalue weighted by molar-refractivity contribution is -0.384. The van der Waals surface area contributed by atoms with Gasteiger partial charge in [0.15, 0.2) is 0 Å². The van der Waals surface area contributed by atoms with Gasteiger partial charge < -0.3 is 25.3 Å². The minimum Gasteiger partial charge on any atom is -0.463 e. The Kier molecular flexibility index (Phi) is 9.38. The third-order valence-electron chi connectivity index (χ3n) is 6.60. The summed E-state index contributed by atoms with van der Waals surface area (Å²) in [6.45, 7) is 8.65.